The van der Waals surface area contributed by atoms with Gasteiger partial charge in [-0.1, -0.05) is 18.2 Å². The van der Waals surface area contributed by atoms with Gasteiger partial charge in [0.1, 0.15) is 5.82 Å². The number of nitrogens with two attached hydrogens (primary N) is 1. The number of rotatable bonds is 7. The highest BCUT2D eigenvalue weighted by Crippen LogP contribution is 2.25. The van der Waals surface area contributed by atoms with E-state index < -0.39 is 10.0 Å². The molecule has 0 radical (unpaired) electrons. The average molecular weight is 349 g/mol. The highest BCUT2D eigenvalue weighted by molar-refractivity contribution is 7.88. The lowest BCUT2D eigenvalue weighted by Crippen LogP contribution is -2.24. The molecule has 24 heavy (non-hydrogen) atoms. The van der Waals surface area contributed by atoms with Gasteiger partial charge in [0.2, 0.25) is 16.0 Å². The lowest BCUT2D eigenvalue weighted by atomic mass is 10.0. The molecule has 2 rings (SSSR count). The van der Waals surface area contributed by atoms with Crippen LogP contribution in [0.5, 0.6) is 0 Å². The van der Waals surface area contributed by atoms with Crippen molar-refractivity contribution in [3.63, 3.8) is 0 Å². The third-order valence-corrected chi connectivity index (χ3v) is 4.38. The fraction of sp³-hybridized carbons (Fsp3) is 0.375. The second-order valence-electron chi connectivity index (χ2n) is 5.69. The van der Waals surface area contributed by atoms with Crippen LogP contribution in [0.1, 0.15) is 17.5 Å². The number of nitrogen functional groups attached to an aromatic ring is 1. The van der Waals surface area contributed by atoms with Crippen molar-refractivity contribution >= 4 is 21.8 Å². The Morgan fingerprint density at radius 2 is 1.92 bits per heavy atom. The highest BCUT2D eigenvalue weighted by Gasteiger charge is 2.08. The van der Waals surface area contributed by atoms with Crippen LogP contribution in [0.3, 0.4) is 0 Å². The Hall–Kier alpha value is -2.19. The number of nitrogens with one attached hydrogen (secondary N) is 2. The van der Waals surface area contributed by atoms with E-state index in [-0.39, 0.29) is 5.95 Å². The van der Waals surface area contributed by atoms with E-state index in [1.807, 2.05) is 25.1 Å². The molecule has 7 nitrogen and oxygen atoms in total. The molecule has 0 atom stereocenters. The van der Waals surface area contributed by atoms with E-state index in [2.05, 4.69) is 33.0 Å². The first-order valence-electron chi connectivity index (χ1n) is 7.66. The first-order valence-corrected chi connectivity index (χ1v) is 9.55. The maximum Gasteiger partial charge on any atom is 0.222 e. The second kappa shape index (κ2) is 7.59. The van der Waals surface area contributed by atoms with Crippen LogP contribution >= 0.6 is 0 Å². The number of sulfonamides is 1. The molecule has 0 aliphatic rings. The van der Waals surface area contributed by atoms with Crippen molar-refractivity contribution in [3.05, 3.63) is 35.4 Å². The Kier molecular flexibility index (Phi) is 5.74. The van der Waals surface area contributed by atoms with Crippen LogP contribution in [-0.4, -0.2) is 37.7 Å². The van der Waals surface area contributed by atoms with Crippen molar-refractivity contribution in [2.24, 2.45) is 0 Å². The number of anilines is 2. The molecular formula is C16H23N5O2S. The fourth-order valence-corrected chi connectivity index (χ4v) is 2.80. The lowest BCUT2D eigenvalue weighted by Gasteiger charge is -2.11. The molecule has 0 saturated heterocycles. The predicted octanol–water partition coefficient (Wildman–Crippen LogP) is 1.69. The molecule has 130 valence electrons. The van der Waals surface area contributed by atoms with Gasteiger partial charge in [0.05, 0.1) is 11.9 Å². The number of hydrogen-bond donors (Lipinski definition) is 3. The summed E-state index contributed by atoms with van der Waals surface area (Å²) in [6, 6.07) is 7.89. The molecule has 1 aromatic carbocycles. The molecule has 1 aromatic heterocycles. The zero-order chi connectivity index (χ0) is 17.7. The van der Waals surface area contributed by atoms with Crippen molar-refractivity contribution in [2.75, 3.05) is 30.4 Å². The second-order valence-corrected chi connectivity index (χ2v) is 7.52. The molecule has 0 amide bonds. The zero-order valence-corrected chi connectivity index (χ0v) is 14.9. The normalized spacial score (nSPS) is 11.5. The van der Waals surface area contributed by atoms with Gasteiger partial charge in [-0.15, -0.1) is 0 Å². The standard InChI is InChI=1S/C16H23N5O2S/c1-11-6-4-7-13(12(11)2)14-10-15(21-16(17)20-14)18-8-5-9-19-24(3,22)23/h4,6-7,10,19H,5,8-9H2,1-3H3,(H3,17,18,20,21). The Balaban J connectivity index is 2.07. The molecule has 8 heteroatoms. The minimum Gasteiger partial charge on any atom is -0.370 e. The van der Waals surface area contributed by atoms with Gasteiger partial charge in [-0.05, 0) is 31.4 Å². The van der Waals surface area contributed by atoms with Gasteiger partial charge in [-0.2, -0.15) is 4.98 Å². The smallest absolute Gasteiger partial charge is 0.222 e. The van der Waals surface area contributed by atoms with Crippen LogP contribution in [0.25, 0.3) is 11.3 Å². The number of aromatic nitrogens is 2. The Morgan fingerprint density at radius 3 is 2.62 bits per heavy atom. The van der Waals surface area contributed by atoms with E-state index in [4.69, 9.17) is 5.73 Å². The first kappa shape index (κ1) is 18.2. The molecule has 1 heterocycles. The van der Waals surface area contributed by atoms with Crippen molar-refractivity contribution < 1.29 is 8.42 Å². The monoisotopic (exact) mass is 349 g/mol. The SMILES string of the molecule is Cc1cccc(-c2cc(NCCCNS(C)(=O)=O)nc(N)n2)c1C. The summed E-state index contributed by atoms with van der Waals surface area (Å²) in [6.07, 6.45) is 1.78. The summed E-state index contributed by atoms with van der Waals surface area (Å²) in [4.78, 5) is 8.49. The zero-order valence-electron chi connectivity index (χ0n) is 14.1. The molecule has 0 saturated carbocycles. The summed E-state index contributed by atoms with van der Waals surface area (Å²) >= 11 is 0. The van der Waals surface area contributed by atoms with Crippen molar-refractivity contribution in [2.45, 2.75) is 20.3 Å². The number of benzene rings is 1. The van der Waals surface area contributed by atoms with Crippen LogP contribution in [-0.2, 0) is 10.0 Å². The summed E-state index contributed by atoms with van der Waals surface area (Å²) in [7, 11) is -3.15. The van der Waals surface area contributed by atoms with Gasteiger partial charge in [-0.25, -0.2) is 18.1 Å². The predicted molar refractivity (Wildman–Crippen MR) is 97.3 cm³/mol. The van der Waals surface area contributed by atoms with E-state index in [0.717, 1.165) is 23.1 Å². The fourth-order valence-electron chi connectivity index (χ4n) is 2.29. The third kappa shape index (κ3) is 5.17. The average Bonchev–Trinajstić information content (AvgIpc) is 2.48. The van der Waals surface area contributed by atoms with Crippen LogP contribution < -0.4 is 15.8 Å². The van der Waals surface area contributed by atoms with E-state index in [1.165, 1.54) is 5.56 Å². The Bertz CT molecular complexity index is 821. The summed E-state index contributed by atoms with van der Waals surface area (Å²) in [5.74, 6) is 0.822. The van der Waals surface area contributed by atoms with Gasteiger partial charge < -0.3 is 11.1 Å². The number of nitrogens with zero attached hydrogens (tertiary/aromatic N) is 2. The van der Waals surface area contributed by atoms with E-state index in [9.17, 15) is 8.42 Å². The topological polar surface area (TPSA) is 110 Å². The maximum atomic E-state index is 11.0. The van der Waals surface area contributed by atoms with Crippen molar-refractivity contribution in [3.8, 4) is 11.3 Å². The maximum absolute atomic E-state index is 11.0. The van der Waals surface area contributed by atoms with E-state index in [0.29, 0.717) is 25.3 Å². The van der Waals surface area contributed by atoms with Crippen LogP contribution in [0.4, 0.5) is 11.8 Å². The molecule has 0 aliphatic heterocycles. The molecule has 0 fully saturated rings. The van der Waals surface area contributed by atoms with Gasteiger partial charge in [0.15, 0.2) is 0 Å². The minimum atomic E-state index is -3.15. The molecule has 4 N–H and O–H groups in total. The summed E-state index contributed by atoms with van der Waals surface area (Å²) < 4.78 is 24.4. The van der Waals surface area contributed by atoms with Gasteiger partial charge in [0.25, 0.3) is 0 Å². The molecule has 0 unspecified atom stereocenters. The molecule has 0 aliphatic carbocycles. The highest BCUT2D eigenvalue weighted by atomic mass is 32.2. The van der Waals surface area contributed by atoms with E-state index in [1.54, 1.807) is 0 Å². The van der Waals surface area contributed by atoms with Crippen LogP contribution in [0.15, 0.2) is 24.3 Å². The molecule has 2 aromatic rings. The van der Waals surface area contributed by atoms with Gasteiger partial charge in [-0.3, -0.25) is 0 Å². The quantitative estimate of drug-likeness (QED) is 0.656. The third-order valence-electron chi connectivity index (χ3n) is 3.65. The Morgan fingerprint density at radius 1 is 1.17 bits per heavy atom. The van der Waals surface area contributed by atoms with Crippen LogP contribution in [0, 0.1) is 13.8 Å². The lowest BCUT2D eigenvalue weighted by molar-refractivity contribution is 0.586. The van der Waals surface area contributed by atoms with Gasteiger partial charge in [0, 0.05) is 24.7 Å². The number of hydrogen-bond acceptors (Lipinski definition) is 6. The van der Waals surface area contributed by atoms with Crippen molar-refractivity contribution in [1.82, 2.24) is 14.7 Å². The molecular weight excluding hydrogens is 326 g/mol. The van der Waals surface area contributed by atoms with Crippen LogP contribution in [0.2, 0.25) is 0 Å². The minimum absolute atomic E-state index is 0.199. The number of aryl methyl sites for hydroxylation is 1. The van der Waals surface area contributed by atoms with E-state index >= 15 is 0 Å². The summed E-state index contributed by atoms with van der Waals surface area (Å²) in [6.45, 7) is 5.05. The molecule has 0 bridgehead atoms. The largest absolute Gasteiger partial charge is 0.370 e. The van der Waals surface area contributed by atoms with Crippen molar-refractivity contribution in [1.29, 1.82) is 0 Å². The molecule has 0 spiro atoms. The summed E-state index contributed by atoms with van der Waals surface area (Å²) in [5.41, 5.74) is 9.94. The Labute approximate surface area is 142 Å². The van der Waals surface area contributed by atoms with Gasteiger partial charge >= 0.3 is 0 Å². The first-order chi connectivity index (χ1) is 11.3. The summed E-state index contributed by atoms with van der Waals surface area (Å²) in [5, 5.41) is 3.15.